The fourth-order valence-corrected chi connectivity index (χ4v) is 2.35. The van der Waals surface area contributed by atoms with Crippen LogP contribution in [0, 0.1) is 0 Å². The molecule has 0 saturated carbocycles. The van der Waals surface area contributed by atoms with Crippen LogP contribution in [0.25, 0.3) is 0 Å². The van der Waals surface area contributed by atoms with E-state index in [1.807, 2.05) is 60.7 Å². The molecule has 21 heavy (non-hydrogen) atoms. The zero-order valence-corrected chi connectivity index (χ0v) is 11.6. The Hall–Kier alpha value is -2.33. The highest BCUT2D eigenvalue weighted by atomic mass is 16.7. The Kier molecular flexibility index (Phi) is 4.17. The molecule has 0 spiro atoms. The summed E-state index contributed by atoms with van der Waals surface area (Å²) in [6.07, 6.45) is 0.313. The highest BCUT2D eigenvalue weighted by Gasteiger charge is 2.34. The van der Waals surface area contributed by atoms with Crippen molar-refractivity contribution in [2.45, 2.75) is 19.1 Å². The second kappa shape index (κ2) is 6.41. The van der Waals surface area contributed by atoms with E-state index in [0.717, 1.165) is 17.5 Å². The predicted octanol–water partition coefficient (Wildman–Crippen LogP) is 3.18. The summed E-state index contributed by atoms with van der Waals surface area (Å²) in [7, 11) is 0. The predicted molar refractivity (Wildman–Crippen MR) is 78.4 cm³/mol. The third-order valence-electron chi connectivity index (χ3n) is 3.44. The highest BCUT2D eigenvalue weighted by molar-refractivity contribution is 5.68. The van der Waals surface area contributed by atoms with Gasteiger partial charge in [0.25, 0.3) is 0 Å². The molecule has 4 heteroatoms. The van der Waals surface area contributed by atoms with Crippen LogP contribution >= 0.6 is 0 Å². The lowest BCUT2D eigenvalue weighted by Gasteiger charge is -2.20. The van der Waals surface area contributed by atoms with E-state index in [-0.39, 0.29) is 6.04 Å². The van der Waals surface area contributed by atoms with Gasteiger partial charge in [-0.05, 0) is 17.5 Å². The molecule has 0 N–H and O–H groups in total. The quantitative estimate of drug-likeness (QED) is 0.846. The number of carbonyl (C=O) groups is 1. The molecule has 1 heterocycles. The summed E-state index contributed by atoms with van der Waals surface area (Å²) in [5.74, 6) is 0. The molecule has 3 rings (SSSR count). The summed E-state index contributed by atoms with van der Waals surface area (Å²) in [4.78, 5) is 17.4. The Balaban J connectivity index is 1.63. The average Bonchev–Trinajstić information content (AvgIpc) is 2.87. The van der Waals surface area contributed by atoms with Gasteiger partial charge in [0, 0.05) is 0 Å². The molecule has 4 nitrogen and oxygen atoms in total. The summed E-state index contributed by atoms with van der Waals surface area (Å²) in [6, 6.07) is 19.7. The van der Waals surface area contributed by atoms with Crippen LogP contribution in [0.5, 0.6) is 0 Å². The van der Waals surface area contributed by atoms with E-state index in [1.165, 1.54) is 5.06 Å². The Morgan fingerprint density at radius 1 is 1.00 bits per heavy atom. The molecule has 0 bridgehead atoms. The maximum absolute atomic E-state index is 11.8. The van der Waals surface area contributed by atoms with Gasteiger partial charge in [-0.2, -0.15) is 5.06 Å². The van der Waals surface area contributed by atoms with Crippen molar-refractivity contribution in [2.24, 2.45) is 0 Å². The topological polar surface area (TPSA) is 38.8 Å². The summed E-state index contributed by atoms with van der Waals surface area (Å²) in [6.45, 7) is 0.726. The van der Waals surface area contributed by atoms with Gasteiger partial charge in [-0.3, -0.25) is 4.84 Å². The van der Waals surface area contributed by atoms with Crippen LogP contribution in [0.4, 0.5) is 4.79 Å². The van der Waals surface area contributed by atoms with Crippen LogP contribution in [0.2, 0.25) is 0 Å². The van der Waals surface area contributed by atoms with Crippen molar-refractivity contribution in [3.8, 4) is 0 Å². The number of carbonyl (C=O) groups excluding carboxylic acids is 1. The van der Waals surface area contributed by atoms with Crippen LogP contribution in [0.1, 0.15) is 11.1 Å². The van der Waals surface area contributed by atoms with Gasteiger partial charge in [0.1, 0.15) is 19.3 Å². The van der Waals surface area contributed by atoms with Gasteiger partial charge in [0.2, 0.25) is 0 Å². The van der Waals surface area contributed by atoms with Gasteiger partial charge in [0.15, 0.2) is 0 Å². The summed E-state index contributed by atoms with van der Waals surface area (Å²) >= 11 is 0. The molecule has 0 aliphatic carbocycles. The van der Waals surface area contributed by atoms with Crippen molar-refractivity contribution in [1.82, 2.24) is 5.06 Å². The Morgan fingerprint density at radius 3 is 2.29 bits per heavy atom. The monoisotopic (exact) mass is 283 g/mol. The van der Waals surface area contributed by atoms with E-state index in [2.05, 4.69) is 0 Å². The number of rotatable bonds is 5. The van der Waals surface area contributed by atoms with E-state index in [1.54, 1.807) is 0 Å². The minimum atomic E-state index is -0.410. The number of hydroxylamine groups is 2. The van der Waals surface area contributed by atoms with Crippen molar-refractivity contribution in [1.29, 1.82) is 0 Å². The average molecular weight is 283 g/mol. The Morgan fingerprint density at radius 2 is 1.62 bits per heavy atom. The first-order valence-corrected chi connectivity index (χ1v) is 6.99. The number of benzene rings is 2. The first-order chi connectivity index (χ1) is 10.3. The molecule has 108 valence electrons. The molecule has 0 unspecified atom stereocenters. The summed E-state index contributed by atoms with van der Waals surface area (Å²) in [5, 5.41) is 1.36. The van der Waals surface area contributed by atoms with E-state index in [4.69, 9.17) is 9.57 Å². The minimum Gasteiger partial charge on any atom is -0.446 e. The number of ether oxygens (including phenoxy) is 1. The smallest absolute Gasteiger partial charge is 0.434 e. The molecular weight excluding hydrogens is 266 g/mol. The molecule has 1 aliphatic heterocycles. The van der Waals surface area contributed by atoms with E-state index < -0.39 is 6.09 Å². The SMILES string of the molecule is O=C1OC[C@@H](Cc2ccccc2)N1OCc1ccccc1. The molecule has 2 aromatic carbocycles. The van der Waals surface area contributed by atoms with Crippen LogP contribution in [-0.4, -0.2) is 23.8 Å². The number of amides is 1. The van der Waals surface area contributed by atoms with Crippen molar-refractivity contribution < 1.29 is 14.4 Å². The molecule has 0 aromatic heterocycles. The lowest BCUT2D eigenvalue weighted by molar-refractivity contribution is -0.141. The van der Waals surface area contributed by atoms with Crippen molar-refractivity contribution in [3.63, 3.8) is 0 Å². The van der Waals surface area contributed by atoms with Crippen LogP contribution in [0.15, 0.2) is 60.7 Å². The minimum absolute atomic E-state index is 0.0800. The lowest BCUT2D eigenvalue weighted by atomic mass is 10.1. The number of nitrogens with zero attached hydrogens (tertiary/aromatic N) is 1. The van der Waals surface area contributed by atoms with Crippen LogP contribution < -0.4 is 0 Å². The van der Waals surface area contributed by atoms with Gasteiger partial charge in [-0.15, -0.1) is 0 Å². The second-order valence-corrected chi connectivity index (χ2v) is 5.01. The highest BCUT2D eigenvalue weighted by Crippen LogP contribution is 2.18. The Bertz CT molecular complexity index is 585. The van der Waals surface area contributed by atoms with Gasteiger partial charge >= 0.3 is 6.09 Å². The summed E-state index contributed by atoms with van der Waals surface area (Å²) < 4.78 is 5.10. The van der Waals surface area contributed by atoms with Gasteiger partial charge in [-0.25, -0.2) is 4.79 Å². The van der Waals surface area contributed by atoms with Gasteiger partial charge in [-0.1, -0.05) is 60.7 Å². The van der Waals surface area contributed by atoms with Crippen LogP contribution in [0.3, 0.4) is 0 Å². The lowest BCUT2D eigenvalue weighted by Crippen LogP contribution is -2.35. The molecular formula is C17H17NO3. The zero-order valence-electron chi connectivity index (χ0n) is 11.6. The fraction of sp³-hybridized carbons (Fsp3) is 0.235. The van der Waals surface area contributed by atoms with E-state index >= 15 is 0 Å². The summed E-state index contributed by atoms with van der Waals surface area (Å²) in [5.41, 5.74) is 2.18. The Labute approximate surface area is 123 Å². The van der Waals surface area contributed by atoms with Gasteiger partial charge in [0.05, 0.1) is 0 Å². The maximum atomic E-state index is 11.8. The standard InChI is InChI=1S/C17H17NO3/c19-17-18(21-12-15-9-5-2-6-10-15)16(13-20-17)11-14-7-3-1-4-8-14/h1-10,16H,11-13H2/t16-/m1/s1. The fourth-order valence-electron chi connectivity index (χ4n) is 2.35. The van der Waals surface area contributed by atoms with E-state index in [9.17, 15) is 4.79 Å². The van der Waals surface area contributed by atoms with Crippen molar-refractivity contribution >= 4 is 6.09 Å². The zero-order chi connectivity index (χ0) is 14.5. The first kappa shape index (κ1) is 13.6. The second-order valence-electron chi connectivity index (χ2n) is 5.01. The third-order valence-corrected chi connectivity index (χ3v) is 3.44. The largest absolute Gasteiger partial charge is 0.446 e. The molecule has 1 atom stereocenters. The number of hydrogen-bond donors (Lipinski definition) is 0. The molecule has 1 amide bonds. The maximum Gasteiger partial charge on any atom is 0.434 e. The van der Waals surface area contributed by atoms with Crippen LogP contribution in [-0.2, 0) is 22.6 Å². The molecule has 1 fully saturated rings. The first-order valence-electron chi connectivity index (χ1n) is 6.99. The molecule has 1 saturated heterocycles. The molecule has 0 radical (unpaired) electrons. The van der Waals surface area contributed by atoms with Crippen molar-refractivity contribution in [2.75, 3.05) is 6.61 Å². The van der Waals surface area contributed by atoms with Gasteiger partial charge < -0.3 is 4.74 Å². The number of hydrogen-bond acceptors (Lipinski definition) is 3. The van der Waals surface area contributed by atoms with E-state index in [0.29, 0.717) is 13.2 Å². The normalized spacial score (nSPS) is 17.8. The third kappa shape index (κ3) is 3.41. The molecule has 2 aromatic rings. The number of cyclic esters (lactones) is 1. The van der Waals surface area contributed by atoms with Crippen molar-refractivity contribution in [3.05, 3.63) is 71.8 Å². The molecule has 1 aliphatic rings.